The lowest BCUT2D eigenvalue weighted by Crippen LogP contribution is -2.27. The Bertz CT molecular complexity index is 1450. The van der Waals surface area contributed by atoms with E-state index in [-0.39, 0.29) is 32.9 Å². The molecule has 0 radical (unpaired) electrons. The second-order valence-corrected chi connectivity index (χ2v) is 11.7. The second kappa shape index (κ2) is 8.19. The summed E-state index contributed by atoms with van der Waals surface area (Å²) in [4.78, 5) is 21.4. The summed E-state index contributed by atoms with van der Waals surface area (Å²) < 4.78 is 67.0. The van der Waals surface area contributed by atoms with Gasteiger partial charge in [-0.3, -0.25) is 4.79 Å². The number of hydrogen-bond donors (Lipinski definition) is 2. The van der Waals surface area contributed by atoms with E-state index in [2.05, 4.69) is 15.3 Å². The van der Waals surface area contributed by atoms with Gasteiger partial charge in [0.25, 0.3) is 5.91 Å². The second-order valence-electron chi connectivity index (χ2n) is 8.55. The van der Waals surface area contributed by atoms with Crippen molar-refractivity contribution in [3.05, 3.63) is 46.5 Å². The number of aromatic nitrogens is 2. The van der Waals surface area contributed by atoms with Gasteiger partial charge in [0.15, 0.2) is 9.84 Å². The van der Waals surface area contributed by atoms with E-state index in [0.717, 1.165) is 24.5 Å². The molecule has 1 fully saturated rings. The molecule has 3 aromatic rings. The van der Waals surface area contributed by atoms with Crippen molar-refractivity contribution in [3.8, 4) is 10.6 Å². The number of nitrogens with zero attached hydrogens (tertiary/aromatic N) is 3. The Morgan fingerprint density at radius 1 is 1.23 bits per heavy atom. The normalized spacial score (nSPS) is 17.7. The fourth-order valence-corrected chi connectivity index (χ4v) is 6.93. The topological polar surface area (TPSA) is 118 Å². The summed E-state index contributed by atoms with van der Waals surface area (Å²) in [5.74, 6) is -0.665. The van der Waals surface area contributed by atoms with E-state index in [0.29, 0.717) is 34.8 Å². The van der Waals surface area contributed by atoms with Crippen LogP contribution in [0.15, 0.2) is 35.4 Å². The molecule has 2 aromatic heterocycles. The van der Waals surface area contributed by atoms with Gasteiger partial charge >= 0.3 is 6.18 Å². The van der Waals surface area contributed by atoms with E-state index in [1.807, 2.05) is 6.07 Å². The number of halogens is 3. The maximum atomic E-state index is 13.9. The van der Waals surface area contributed by atoms with Crippen LogP contribution in [-0.2, 0) is 16.0 Å². The zero-order valence-corrected chi connectivity index (χ0v) is 20.0. The number of carbonyl (C=O) groups is 1. The van der Waals surface area contributed by atoms with E-state index in [1.165, 1.54) is 11.9 Å². The SMILES string of the molecule is CN1CCS(=O)(=O)c2cc(-c3nc(Nc4ccc(N)cc4C4CC4)ncc3C(F)(F)F)sc2C1=O. The monoisotopic (exact) mass is 523 g/mol. The van der Waals surface area contributed by atoms with E-state index >= 15 is 0 Å². The largest absolute Gasteiger partial charge is 0.420 e. The van der Waals surface area contributed by atoms with Crippen LogP contribution < -0.4 is 11.1 Å². The molecular weight excluding hydrogens is 503 g/mol. The number of fused-ring (bicyclic) bond motifs is 1. The highest BCUT2D eigenvalue weighted by atomic mass is 32.2. The lowest BCUT2D eigenvalue weighted by atomic mass is 10.1. The summed E-state index contributed by atoms with van der Waals surface area (Å²) in [6, 6.07) is 6.31. The molecule has 2 aliphatic rings. The molecular formula is C22H20F3N5O3S2. The number of anilines is 3. The minimum atomic E-state index is -4.80. The molecule has 3 N–H and O–H groups in total. The number of nitrogens with two attached hydrogens (primary N) is 1. The van der Waals surface area contributed by atoms with E-state index in [4.69, 9.17) is 5.73 Å². The van der Waals surface area contributed by atoms with Gasteiger partial charge in [-0.25, -0.2) is 18.4 Å². The number of nitrogens with one attached hydrogen (secondary N) is 1. The number of carbonyl (C=O) groups excluding carboxylic acids is 1. The molecule has 0 spiro atoms. The van der Waals surface area contributed by atoms with Crippen LogP contribution in [0, 0.1) is 0 Å². The first kappa shape index (κ1) is 23.5. The number of amides is 1. The summed E-state index contributed by atoms with van der Waals surface area (Å²) in [7, 11) is -2.41. The molecule has 1 aliphatic heterocycles. The number of nitrogen functional groups attached to an aromatic ring is 1. The molecule has 0 unspecified atom stereocenters. The van der Waals surface area contributed by atoms with Crippen molar-refractivity contribution >= 4 is 44.4 Å². The van der Waals surface area contributed by atoms with Crippen molar-refractivity contribution in [1.29, 1.82) is 0 Å². The number of rotatable bonds is 4. The molecule has 184 valence electrons. The highest BCUT2D eigenvalue weighted by Gasteiger charge is 2.38. The third kappa shape index (κ3) is 4.45. The van der Waals surface area contributed by atoms with Crippen LogP contribution in [0.2, 0.25) is 0 Å². The fourth-order valence-electron chi connectivity index (χ4n) is 3.90. The molecule has 0 saturated heterocycles. The van der Waals surface area contributed by atoms with E-state index in [9.17, 15) is 26.4 Å². The number of benzene rings is 1. The third-order valence-electron chi connectivity index (χ3n) is 5.94. The first-order valence-corrected chi connectivity index (χ1v) is 13.1. The summed E-state index contributed by atoms with van der Waals surface area (Å²) in [6.45, 7) is -0.00179. The molecule has 13 heteroatoms. The van der Waals surface area contributed by atoms with Gasteiger partial charge in [0.05, 0.1) is 21.2 Å². The summed E-state index contributed by atoms with van der Waals surface area (Å²) >= 11 is 0.676. The summed E-state index contributed by atoms with van der Waals surface area (Å²) in [5.41, 5.74) is 6.40. The lowest BCUT2D eigenvalue weighted by Gasteiger charge is -2.15. The first-order valence-electron chi connectivity index (χ1n) is 10.7. The first-order chi connectivity index (χ1) is 16.4. The lowest BCUT2D eigenvalue weighted by molar-refractivity contribution is -0.137. The molecule has 3 heterocycles. The number of thiophene rings is 1. The predicted molar refractivity (Wildman–Crippen MR) is 125 cm³/mol. The third-order valence-corrected chi connectivity index (χ3v) is 8.91. The molecule has 8 nitrogen and oxygen atoms in total. The van der Waals surface area contributed by atoms with Crippen LogP contribution >= 0.6 is 11.3 Å². The van der Waals surface area contributed by atoms with Crippen molar-refractivity contribution in [2.45, 2.75) is 29.8 Å². The van der Waals surface area contributed by atoms with Crippen molar-refractivity contribution in [2.24, 2.45) is 0 Å². The zero-order valence-electron chi connectivity index (χ0n) is 18.4. The van der Waals surface area contributed by atoms with Crippen molar-refractivity contribution in [1.82, 2.24) is 14.9 Å². The van der Waals surface area contributed by atoms with Gasteiger partial charge in [-0.2, -0.15) is 13.2 Å². The van der Waals surface area contributed by atoms with Crippen LogP contribution in [0.3, 0.4) is 0 Å². The Labute approximate surface area is 202 Å². The van der Waals surface area contributed by atoms with Crippen LogP contribution in [0.5, 0.6) is 0 Å². The standard InChI is InChI=1S/C22H20F3N5O3S2/c1-30-6-7-35(32,33)17-9-16(34-19(17)20(30)31)18-14(22(23,24)25)10-27-21(29-18)28-15-5-4-12(26)8-13(15)11-2-3-11/h4-5,8-11H,2-3,6-7,26H2,1H3,(H,27,28,29). The molecule has 0 bridgehead atoms. The molecule has 1 aromatic carbocycles. The van der Waals surface area contributed by atoms with E-state index in [1.54, 1.807) is 12.1 Å². The Morgan fingerprint density at radius 2 is 1.97 bits per heavy atom. The maximum Gasteiger partial charge on any atom is 0.420 e. The van der Waals surface area contributed by atoms with Gasteiger partial charge in [-0.15, -0.1) is 11.3 Å². The van der Waals surface area contributed by atoms with Gasteiger partial charge < -0.3 is 16.0 Å². The zero-order chi connectivity index (χ0) is 25.1. The number of alkyl halides is 3. The Kier molecular flexibility index (Phi) is 5.51. The van der Waals surface area contributed by atoms with Crippen molar-refractivity contribution in [2.75, 3.05) is 30.4 Å². The minimum Gasteiger partial charge on any atom is -0.399 e. The Morgan fingerprint density at radius 3 is 2.66 bits per heavy atom. The van der Waals surface area contributed by atoms with E-state index < -0.39 is 33.2 Å². The fraction of sp³-hybridized carbons (Fsp3) is 0.318. The Hall–Kier alpha value is -3.19. The van der Waals surface area contributed by atoms with Crippen LogP contribution in [0.25, 0.3) is 10.6 Å². The van der Waals surface area contributed by atoms with Gasteiger partial charge in [0, 0.05) is 31.2 Å². The van der Waals surface area contributed by atoms with Crippen LogP contribution in [0.4, 0.5) is 30.5 Å². The molecule has 1 saturated carbocycles. The smallest absolute Gasteiger partial charge is 0.399 e. The number of hydrogen-bond acceptors (Lipinski definition) is 8. The predicted octanol–water partition coefficient (Wildman–Crippen LogP) is 4.29. The molecule has 0 atom stereocenters. The van der Waals surface area contributed by atoms with Crippen LogP contribution in [0.1, 0.15) is 39.6 Å². The quantitative estimate of drug-likeness (QED) is 0.490. The van der Waals surface area contributed by atoms with Gasteiger partial charge in [-0.1, -0.05) is 0 Å². The van der Waals surface area contributed by atoms with Gasteiger partial charge in [0.1, 0.15) is 10.4 Å². The van der Waals surface area contributed by atoms with Gasteiger partial charge in [-0.05, 0) is 48.6 Å². The minimum absolute atomic E-state index is 0.00179. The molecule has 1 amide bonds. The van der Waals surface area contributed by atoms with Crippen molar-refractivity contribution < 1.29 is 26.4 Å². The Balaban J connectivity index is 1.62. The summed E-state index contributed by atoms with van der Waals surface area (Å²) in [5, 5.41) is 2.98. The summed E-state index contributed by atoms with van der Waals surface area (Å²) in [6.07, 6.45) is -2.18. The number of sulfone groups is 1. The average molecular weight is 524 g/mol. The van der Waals surface area contributed by atoms with Crippen LogP contribution in [-0.4, -0.2) is 48.5 Å². The molecule has 35 heavy (non-hydrogen) atoms. The maximum absolute atomic E-state index is 13.9. The average Bonchev–Trinajstić information content (AvgIpc) is 3.55. The van der Waals surface area contributed by atoms with Crippen molar-refractivity contribution in [3.63, 3.8) is 0 Å². The molecule has 5 rings (SSSR count). The highest BCUT2D eigenvalue weighted by Crippen LogP contribution is 2.45. The van der Waals surface area contributed by atoms with Gasteiger partial charge in [0.2, 0.25) is 5.95 Å². The highest BCUT2D eigenvalue weighted by molar-refractivity contribution is 7.91. The molecule has 1 aliphatic carbocycles.